The minimum Gasteiger partial charge on any atom is -0.492 e. The Morgan fingerprint density at radius 3 is 2.65 bits per heavy atom. The van der Waals surface area contributed by atoms with Crippen LogP contribution in [0.1, 0.15) is 11.5 Å². The smallest absolute Gasteiger partial charge is 0.314 e. The van der Waals surface area contributed by atoms with Crippen molar-refractivity contribution in [3.63, 3.8) is 0 Å². The van der Waals surface area contributed by atoms with Crippen molar-refractivity contribution in [1.29, 1.82) is 0 Å². The van der Waals surface area contributed by atoms with Gasteiger partial charge in [0.25, 0.3) is 0 Å². The van der Waals surface area contributed by atoms with Crippen LogP contribution in [-0.4, -0.2) is 17.7 Å². The molecule has 0 spiro atoms. The van der Waals surface area contributed by atoms with Gasteiger partial charge in [-0.3, -0.25) is 4.79 Å². The highest BCUT2D eigenvalue weighted by atomic mass is 35.5. The number of rotatable bonds is 5. The van der Waals surface area contributed by atoms with Crippen LogP contribution in [0, 0.1) is 5.82 Å². The molecular weight excluding hydrogens is 283 g/mol. The summed E-state index contributed by atoms with van der Waals surface area (Å²) in [6, 6.07) is 12.2. The molecule has 2 aromatic carbocycles. The molecule has 20 heavy (non-hydrogen) atoms. The third kappa shape index (κ3) is 3.71. The number of hydrogen-bond donors (Lipinski definition) is 1. The highest BCUT2D eigenvalue weighted by Crippen LogP contribution is 2.21. The van der Waals surface area contributed by atoms with Gasteiger partial charge in [0.2, 0.25) is 0 Å². The Morgan fingerprint density at radius 1 is 1.25 bits per heavy atom. The molecule has 0 heterocycles. The number of carboxylic acids is 1. The highest BCUT2D eigenvalue weighted by molar-refractivity contribution is 6.30. The average Bonchev–Trinajstić information content (AvgIpc) is 2.38. The summed E-state index contributed by atoms with van der Waals surface area (Å²) < 4.78 is 18.6. The first-order valence-corrected chi connectivity index (χ1v) is 6.30. The molecule has 3 nitrogen and oxygen atoms in total. The molecule has 0 amide bonds. The molecular formula is C15H12ClFO3. The van der Waals surface area contributed by atoms with Crippen molar-refractivity contribution in [2.24, 2.45) is 0 Å². The van der Waals surface area contributed by atoms with Crippen LogP contribution in [0.4, 0.5) is 4.39 Å². The fourth-order valence-electron chi connectivity index (χ4n) is 1.77. The van der Waals surface area contributed by atoms with Crippen molar-refractivity contribution in [2.45, 2.75) is 5.92 Å². The summed E-state index contributed by atoms with van der Waals surface area (Å²) in [6.07, 6.45) is 0. The Labute approximate surface area is 120 Å². The van der Waals surface area contributed by atoms with Crippen LogP contribution in [0.2, 0.25) is 5.02 Å². The zero-order valence-electron chi connectivity index (χ0n) is 10.4. The summed E-state index contributed by atoms with van der Waals surface area (Å²) in [7, 11) is 0. The predicted octanol–water partition coefficient (Wildman–Crippen LogP) is 3.73. The van der Waals surface area contributed by atoms with Crippen molar-refractivity contribution in [3.05, 3.63) is 64.9 Å². The second-order valence-corrected chi connectivity index (χ2v) is 4.65. The van der Waals surface area contributed by atoms with Crippen molar-refractivity contribution < 1.29 is 19.0 Å². The van der Waals surface area contributed by atoms with Crippen molar-refractivity contribution >= 4 is 17.6 Å². The molecule has 104 valence electrons. The molecule has 0 aliphatic rings. The summed E-state index contributed by atoms with van der Waals surface area (Å²) in [6.45, 7) is -0.0981. The maximum atomic E-state index is 13.2. The molecule has 0 aliphatic carbocycles. The maximum absolute atomic E-state index is 13.2. The van der Waals surface area contributed by atoms with Gasteiger partial charge in [-0.25, -0.2) is 4.39 Å². The normalized spacial score (nSPS) is 11.9. The van der Waals surface area contributed by atoms with E-state index >= 15 is 0 Å². The quantitative estimate of drug-likeness (QED) is 0.914. The Kier molecular flexibility index (Phi) is 4.58. The van der Waals surface area contributed by atoms with Gasteiger partial charge in [0, 0.05) is 5.02 Å². The Bertz CT molecular complexity index is 616. The van der Waals surface area contributed by atoms with Crippen LogP contribution in [0.5, 0.6) is 5.75 Å². The second-order valence-electron chi connectivity index (χ2n) is 4.21. The van der Waals surface area contributed by atoms with E-state index in [9.17, 15) is 14.3 Å². The zero-order valence-corrected chi connectivity index (χ0v) is 11.2. The molecule has 2 rings (SSSR count). The highest BCUT2D eigenvalue weighted by Gasteiger charge is 2.21. The van der Waals surface area contributed by atoms with Crippen LogP contribution in [-0.2, 0) is 4.79 Å². The van der Waals surface area contributed by atoms with E-state index in [1.807, 2.05) is 0 Å². The van der Waals surface area contributed by atoms with Gasteiger partial charge in [-0.05, 0) is 35.9 Å². The minimum absolute atomic E-state index is 0.0981. The molecule has 2 aromatic rings. The van der Waals surface area contributed by atoms with Gasteiger partial charge in [-0.1, -0.05) is 29.8 Å². The first-order valence-electron chi connectivity index (χ1n) is 5.93. The van der Waals surface area contributed by atoms with Gasteiger partial charge in [0.1, 0.15) is 24.1 Å². The fraction of sp³-hybridized carbons (Fsp3) is 0.133. The van der Waals surface area contributed by atoms with E-state index in [2.05, 4.69) is 0 Å². The van der Waals surface area contributed by atoms with E-state index < -0.39 is 17.7 Å². The van der Waals surface area contributed by atoms with E-state index in [0.29, 0.717) is 16.3 Å². The first kappa shape index (κ1) is 14.3. The lowest BCUT2D eigenvalue weighted by Gasteiger charge is -2.14. The van der Waals surface area contributed by atoms with Gasteiger partial charge >= 0.3 is 5.97 Å². The largest absolute Gasteiger partial charge is 0.492 e. The molecule has 5 heteroatoms. The number of benzene rings is 2. The second kappa shape index (κ2) is 6.39. The molecule has 1 unspecified atom stereocenters. The van der Waals surface area contributed by atoms with E-state index in [-0.39, 0.29) is 6.61 Å². The first-order chi connectivity index (χ1) is 9.56. The predicted molar refractivity (Wildman–Crippen MR) is 73.7 cm³/mol. The molecule has 1 atom stereocenters. The van der Waals surface area contributed by atoms with Gasteiger partial charge in [-0.15, -0.1) is 0 Å². The van der Waals surface area contributed by atoms with Crippen LogP contribution < -0.4 is 4.74 Å². The molecule has 1 N–H and O–H groups in total. The Morgan fingerprint density at radius 2 is 2.00 bits per heavy atom. The molecule has 0 bridgehead atoms. The minimum atomic E-state index is -1.07. The fourth-order valence-corrected chi connectivity index (χ4v) is 1.95. The third-order valence-corrected chi connectivity index (χ3v) is 3.00. The summed E-state index contributed by atoms with van der Waals surface area (Å²) in [5.41, 5.74) is 0.361. The zero-order chi connectivity index (χ0) is 14.5. The lowest BCUT2D eigenvalue weighted by molar-refractivity contribution is -0.139. The topological polar surface area (TPSA) is 46.5 Å². The van der Waals surface area contributed by atoms with Gasteiger partial charge in [0.15, 0.2) is 0 Å². The standard InChI is InChI=1S/C15H12ClFO3/c16-11-4-2-6-13(8-11)20-9-14(15(18)19)10-3-1-5-12(17)7-10/h1-8,14H,9H2,(H,18,19). The van der Waals surface area contributed by atoms with Gasteiger partial charge in [-0.2, -0.15) is 0 Å². The van der Waals surface area contributed by atoms with E-state index in [0.717, 1.165) is 0 Å². The molecule has 0 aliphatic heterocycles. The number of halogens is 2. The summed E-state index contributed by atoms with van der Waals surface area (Å²) in [5, 5.41) is 9.72. The van der Waals surface area contributed by atoms with Crippen molar-refractivity contribution in [2.75, 3.05) is 6.61 Å². The van der Waals surface area contributed by atoms with Crippen LogP contribution in [0.25, 0.3) is 0 Å². The molecule has 0 fully saturated rings. The number of carboxylic acid groups (broad SMARTS) is 1. The third-order valence-electron chi connectivity index (χ3n) is 2.76. The lowest BCUT2D eigenvalue weighted by atomic mass is 10.0. The lowest BCUT2D eigenvalue weighted by Crippen LogP contribution is -2.19. The van der Waals surface area contributed by atoms with Gasteiger partial charge in [0.05, 0.1) is 0 Å². The van der Waals surface area contributed by atoms with Crippen LogP contribution in [0.3, 0.4) is 0 Å². The average molecular weight is 295 g/mol. The number of aliphatic carboxylic acids is 1. The SMILES string of the molecule is O=C(O)C(COc1cccc(Cl)c1)c1cccc(F)c1. The van der Waals surface area contributed by atoms with Crippen molar-refractivity contribution in [1.82, 2.24) is 0 Å². The number of ether oxygens (including phenoxy) is 1. The summed E-state index contributed by atoms with van der Waals surface area (Å²) in [4.78, 5) is 11.3. The molecule has 0 saturated heterocycles. The summed E-state index contributed by atoms with van der Waals surface area (Å²) >= 11 is 5.81. The Hall–Kier alpha value is -2.07. The number of hydrogen-bond acceptors (Lipinski definition) is 2. The number of carbonyl (C=O) groups is 1. The van der Waals surface area contributed by atoms with E-state index in [1.165, 1.54) is 18.2 Å². The maximum Gasteiger partial charge on any atom is 0.314 e. The molecule has 0 aromatic heterocycles. The van der Waals surface area contributed by atoms with E-state index in [1.54, 1.807) is 30.3 Å². The monoisotopic (exact) mass is 294 g/mol. The van der Waals surface area contributed by atoms with Crippen LogP contribution >= 0.6 is 11.6 Å². The molecule has 0 saturated carbocycles. The Balaban J connectivity index is 2.13. The van der Waals surface area contributed by atoms with Crippen molar-refractivity contribution in [3.8, 4) is 5.75 Å². The van der Waals surface area contributed by atoms with Gasteiger partial charge < -0.3 is 9.84 Å². The van der Waals surface area contributed by atoms with Crippen LogP contribution in [0.15, 0.2) is 48.5 Å². The summed E-state index contributed by atoms with van der Waals surface area (Å²) in [5.74, 6) is -2.01. The van der Waals surface area contributed by atoms with E-state index in [4.69, 9.17) is 16.3 Å². The molecule has 0 radical (unpaired) electrons.